The van der Waals surface area contributed by atoms with Crippen molar-refractivity contribution in [2.45, 2.75) is 0 Å². The Morgan fingerprint density at radius 2 is 1.24 bits per heavy atom. The summed E-state index contributed by atoms with van der Waals surface area (Å²) in [6, 6.07) is 28.8. The van der Waals surface area contributed by atoms with E-state index < -0.39 is 0 Å². The molecular formula is C23H17OS+. The molecule has 4 rings (SSSR count). The van der Waals surface area contributed by atoms with Gasteiger partial charge in [-0.3, -0.25) is 0 Å². The van der Waals surface area contributed by atoms with Crippen LogP contribution in [0.15, 0.2) is 94.7 Å². The van der Waals surface area contributed by atoms with Crippen LogP contribution in [-0.2, 0) is 0 Å². The van der Waals surface area contributed by atoms with Gasteiger partial charge in [-0.1, -0.05) is 48.5 Å². The van der Waals surface area contributed by atoms with Crippen LogP contribution in [0.25, 0.3) is 34.8 Å². The van der Waals surface area contributed by atoms with E-state index in [1.807, 2.05) is 36.4 Å². The van der Waals surface area contributed by atoms with Gasteiger partial charge in [-0.2, -0.15) is 0 Å². The fourth-order valence-corrected chi connectivity index (χ4v) is 3.29. The molecule has 0 fully saturated rings. The van der Waals surface area contributed by atoms with E-state index in [2.05, 4.69) is 66.1 Å². The van der Waals surface area contributed by atoms with Crippen LogP contribution in [-0.4, -0.2) is 0 Å². The standard InChI is InChI=1S/C23H17OS/c1-3-8-19(9-4-1)22-16-18(13-14-21-12-7-15-25-21)17-23(24-22)20-10-5-2-6-11-20/h1-17H/q+1. The number of thiophene rings is 1. The molecule has 0 spiro atoms. The van der Waals surface area contributed by atoms with E-state index in [0.29, 0.717) is 0 Å². The average molecular weight is 341 g/mol. The van der Waals surface area contributed by atoms with Gasteiger partial charge < -0.3 is 0 Å². The maximum Gasteiger partial charge on any atom is 0.361 e. The first-order chi connectivity index (χ1) is 12.4. The number of rotatable bonds is 4. The molecule has 2 heteroatoms. The second-order valence-corrected chi connectivity index (χ2v) is 6.68. The van der Waals surface area contributed by atoms with Crippen LogP contribution >= 0.6 is 11.3 Å². The molecule has 0 aliphatic heterocycles. The first-order valence-corrected chi connectivity index (χ1v) is 9.07. The van der Waals surface area contributed by atoms with Gasteiger partial charge in [0.25, 0.3) is 0 Å². The SMILES string of the molecule is C(=Cc1cccs1)c1cc(-c2ccccc2)[o+]c(-c2ccccc2)c1. The smallest absolute Gasteiger partial charge is 0.207 e. The molecule has 0 N–H and O–H groups in total. The minimum Gasteiger partial charge on any atom is -0.207 e. The molecule has 0 saturated carbocycles. The third kappa shape index (κ3) is 3.76. The minimum atomic E-state index is 0.868. The van der Waals surface area contributed by atoms with Crippen molar-refractivity contribution in [3.63, 3.8) is 0 Å². The largest absolute Gasteiger partial charge is 0.361 e. The fourth-order valence-electron chi connectivity index (χ4n) is 2.67. The van der Waals surface area contributed by atoms with Crippen molar-refractivity contribution in [1.29, 1.82) is 0 Å². The van der Waals surface area contributed by atoms with Crippen molar-refractivity contribution in [1.82, 2.24) is 0 Å². The molecule has 0 radical (unpaired) electrons. The Hall–Kier alpha value is -2.97. The quantitative estimate of drug-likeness (QED) is 0.359. The Balaban J connectivity index is 1.80. The molecule has 0 saturated heterocycles. The molecule has 1 nitrogen and oxygen atoms in total. The molecule has 4 aromatic rings. The average Bonchev–Trinajstić information content (AvgIpc) is 3.21. The molecular weight excluding hydrogens is 324 g/mol. The summed E-state index contributed by atoms with van der Waals surface area (Å²) >= 11 is 1.73. The Morgan fingerprint density at radius 1 is 0.640 bits per heavy atom. The minimum absolute atomic E-state index is 0.868. The normalized spacial score (nSPS) is 11.0. The third-order valence-corrected chi connectivity index (χ3v) is 4.75. The molecule has 120 valence electrons. The van der Waals surface area contributed by atoms with Crippen LogP contribution in [0.5, 0.6) is 0 Å². The lowest BCUT2D eigenvalue weighted by Crippen LogP contribution is -1.84. The van der Waals surface area contributed by atoms with Gasteiger partial charge in [-0.15, -0.1) is 11.3 Å². The lowest BCUT2D eigenvalue weighted by molar-refractivity contribution is 0.581. The first kappa shape index (κ1) is 15.6. The van der Waals surface area contributed by atoms with Crippen molar-refractivity contribution in [2.75, 3.05) is 0 Å². The monoisotopic (exact) mass is 341 g/mol. The second-order valence-electron chi connectivity index (χ2n) is 5.70. The zero-order valence-electron chi connectivity index (χ0n) is 13.6. The van der Waals surface area contributed by atoms with Crippen molar-refractivity contribution in [3.8, 4) is 22.6 Å². The molecule has 0 aliphatic rings. The van der Waals surface area contributed by atoms with Crippen molar-refractivity contribution in [2.24, 2.45) is 0 Å². The molecule has 2 heterocycles. The molecule has 0 bridgehead atoms. The van der Waals surface area contributed by atoms with Gasteiger partial charge in [0.1, 0.15) is 0 Å². The summed E-state index contributed by atoms with van der Waals surface area (Å²) in [6.45, 7) is 0. The van der Waals surface area contributed by atoms with Gasteiger partial charge >= 0.3 is 11.5 Å². The Labute approximate surface area is 151 Å². The number of benzene rings is 2. The van der Waals surface area contributed by atoms with Crippen LogP contribution in [0.3, 0.4) is 0 Å². The Kier molecular flexibility index (Phi) is 4.53. The van der Waals surface area contributed by atoms with Crippen LogP contribution in [0, 0.1) is 0 Å². The summed E-state index contributed by atoms with van der Waals surface area (Å²) in [5, 5.41) is 2.09. The summed E-state index contributed by atoms with van der Waals surface area (Å²) in [5.41, 5.74) is 3.27. The molecule has 0 amide bonds. The predicted molar refractivity (Wildman–Crippen MR) is 107 cm³/mol. The predicted octanol–water partition coefficient (Wildman–Crippen LogP) is 7.13. The number of hydrogen-bond donors (Lipinski definition) is 0. The highest BCUT2D eigenvalue weighted by atomic mass is 32.1. The van der Waals surface area contributed by atoms with Crippen LogP contribution in [0.1, 0.15) is 10.4 Å². The maximum absolute atomic E-state index is 6.20. The van der Waals surface area contributed by atoms with Crippen LogP contribution < -0.4 is 0 Å². The first-order valence-electron chi connectivity index (χ1n) is 8.19. The molecule has 2 aromatic heterocycles. The van der Waals surface area contributed by atoms with Gasteiger partial charge in [0.2, 0.25) is 0 Å². The molecule has 0 atom stereocenters. The van der Waals surface area contributed by atoms with E-state index in [0.717, 1.165) is 28.2 Å². The van der Waals surface area contributed by atoms with E-state index in [1.165, 1.54) is 4.88 Å². The summed E-state index contributed by atoms with van der Waals surface area (Å²) in [5.74, 6) is 1.74. The van der Waals surface area contributed by atoms with E-state index in [9.17, 15) is 0 Å². The lowest BCUT2D eigenvalue weighted by Gasteiger charge is -1.98. The molecule has 2 aromatic carbocycles. The second kappa shape index (κ2) is 7.29. The summed E-state index contributed by atoms with van der Waals surface area (Å²) in [6.07, 6.45) is 4.28. The highest BCUT2D eigenvalue weighted by molar-refractivity contribution is 7.10. The van der Waals surface area contributed by atoms with Gasteiger partial charge in [-0.05, 0) is 47.4 Å². The topological polar surface area (TPSA) is 11.3 Å². The van der Waals surface area contributed by atoms with Crippen LogP contribution in [0.4, 0.5) is 0 Å². The zero-order valence-corrected chi connectivity index (χ0v) is 14.4. The van der Waals surface area contributed by atoms with Crippen LogP contribution in [0.2, 0.25) is 0 Å². The maximum atomic E-state index is 6.20. The van der Waals surface area contributed by atoms with E-state index in [-0.39, 0.29) is 0 Å². The Bertz CT molecular complexity index is 914. The van der Waals surface area contributed by atoms with Gasteiger partial charge in [0.15, 0.2) is 0 Å². The summed E-state index contributed by atoms with van der Waals surface area (Å²) in [4.78, 5) is 1.24. The summed E-state index contributed by atoms with van der Waals surface area (Å²) < 4.78 is 6.20. The fraction of sp³-hybridized carbons (Fsp3) is 0. The van der Waals surface area contributed by atoms with E-state index in [1.54, 1.807) is 11.3 Å². The zero-order chi connectivity index (χ0) is 16.9. The van der Waals surface area contributed by atoms with Crippen molar-refractivity contribution >= 4 is 23.5 Å². The molecule has 0 unspecified atom stereocenters. The van der Waals surface area contributed by atoms with Crippen molar-refractivity contribution in [3.05, 3.63) is 101 Å². The van der Waals surface area contributed by atoms with Crippen molar-refractivity contribution < 1.29 is 4.42 Å². The highest BCUT2D eigenvalue weighted by Crippen LogP contribution is 2.29. The summed E-state index contributed by atoms with van der Waals surface area (Å²) in [7, 11) is 0. The van der Waals surface area contributed by atoms with Gasteiger partial charge in [-0.25, -0.2) is 4.42 Å². The van der Waals surface area contributed by atoms with Gasteiger partial charge in [0, 0.05) is 4.88 Å². The lowest BCUT2D eigenvalue weighted by atomic mass is 10.1. The highest BCUT2D eigenvalue weighted by Gasteiger charge is 2.18. The Morgan fingerprint density at radius 3 is 1.76 bits per heavy atom. The molecule has 0 aliphatic carbocycles. The van der Waals surface area contributed by atoms with E-state index >= 15 is 0 Å². The van der Waals surface area contributed by atoms with Gasteiger partial charge in [0.05, 0.1) is 23.3 Å². The number of hydrogen-bond acceptors (Lipinski definition) is 1. The van der Waals surface area contributed by atoms with E-state index in [4.69, 9.17) is 4.42 Å². The third-order valence-electron chi connectivity index (χ3n) is 3.92. The molecule has 25 heavy (non-hydrogen) atoms.